The third-order valence-electron chi connectivity index (χ3n) is 3.09. The number of nitrogens with zero attached hydrogens (tertiary/aromatic N) is 2. The summed E-state index contributed by atoms with van der Waals surface area (Å²) >= 11 is 6.40. The van der Waals surface area contributed by atoms with E-state index in [0.717, 1.165) is 30.4 Å². The first-order chi connectivity index (χ1) is 9.63. The minimum Gasteiger partial charge on any atom is -0.369 e. The molecule has 0 bridgehead atoms. The zero-order valence-corrected chi connectivity index (χ0v) is 16.1. The lowest BCUT2D eigenvalue weighted by atomic mass is 10.1. The van der Waals surface area contributed by atoms with Gasteiger partial charge in [0, 0.05) is 23.8 Å². The highest BCUT2D eigenvalue weighted by Crippen LogP contribution is 2.37. The fraction of sp³-hybridized carbons (Fsp3) is 0.714. The van der Waals surface area contributed by atoms with E-state index in [1.807, 2.05) is 23.5 Å². The van der Waals surface area contributed by atoms with Gasteiger partial charge >= 0.3 is 0 Å². The van der Waals surface area contributed by atoms with Crippen molar-refractivity contribution in [1.82, 2.24) is 9.97 Å². The molecule has 6 heteroatoms. The van der Waals surface area contributed by atoms with Crippen LogP contribution >= 0.6 is 46.1 Å². The molecule has 0 amide bonds. The topological polar surface area (TPSA) is 37.8 Å². The van der Waals surface area contributed by atoms with Crippen molar-refractivity contribution in [2.24, 2.45) is 0 Å². The molecule has 0 saturated carbocycles. The lowest BCUT2D eigenvalue weighted by Gasteiger charge is -2.22. The SMILES string of the molecule is CCCNc1nc(C2CSCCS2)nc(C(C)C)c1I. The van der Waals surface area contributed by atoms with Crippen LogP contribution in [0.4, 0.5) is 5.82 Å². The Morgan fingerprint density at radius 2 is 2.15 bits per heavy atom. The number of nitrogens with one attached hydrogen (secondary N) is 1. The summed E-state index contributed by atoms with van der Waals surface area (Å²) in [5.41, 5.74) is 1.19. The lowest BCUT2D eigenvalue weighted by Crippen LogP contribution is -2.16. The van der Waals surface area contributed by atoms with E-state index in [1.165, 1.54) is 20.8 Å². The number of hydrogen-bond donors (Lipinski definition) is 1. The van der Waals surface area contributed by atoms with Gasteiger partial charge in [-0.2, -0.15) is 11.8 Å². The summed E-state index contributed by atoms with van der Waals surface area (Å²) in [6, 6.07) is 0. The molecule has 1 atom stereocenters. The predicted molar refractivity (Wildman–Crippen MR) is 100 cm³/mol. The molecule has 1 fully saturated rings. The Kier molecular flexibility index (Phi) is 6.74. The maximum atomic E-state index is 4.87. The molecule has 0 aromatic carbocycles. The molecule has 1 saturated heterocycles. The van der Waals surface area contributed by atoms with Crippen molar-refractivity contribution in [3.8, 4) is 0 Å². The van der Waals surface area contributed by atoms with Crippen molar-refractivity contribution in [3.63, 3.8) is 0 Å². The minimum absolute atomic E-state index is 0.437. The van der Waals surface area contributed by atoms with Crippen LogP contribution in [0.1, 0.15) is 49.9 Å². The third-order valence-corrected chi connectivity index (χ3v) is 6.90. The molecule has 3 nitrogen and oxygen atoms in total. The Labute approximate surface area is 144 Å². The highest BCUT2D eigenvalue weighted by molar-refractivity contribution is 14.1. The third kappa shape index (κ3) is 4.16. The molecule has 1 aromatic heterocycles. The zero-order valence-electron chi connectivity index (χ0n) is 12.3. The molecule has 0 spiro atoms. The fourth-order valence-corrected chi connectivity index (χ4v) is 5.66. The smallest absolute Gasteiger partial charge is 0.144 e. The molecular weight excluding hydrogens is 401 g/mol. The molecule has 2 rings (SSSR count). The highest BCUT2D eigenvalue weighted by Gasteiger charge is 2.23. The summed E-state index contributed by atoms with van der Waals surface area (Å²) < 4.78 is 1.18. The monoisotopic (exact) mass is 423 g/mol. The second-order valence-corrected chi connectivity index (χ2v) is 8.68. The Bertz CT molecular complexity index is 448. The number of aromatic nitrogens is 2. The number of hydrogen-bond acceptors (Lipinski definition) is 5. The van der Waals surface area contributed by atoms with Gasteiger partial charge in [-0.25, -0.2) is 9.97 Å². The van der Waals surface area contributed by atoms with Gasteiger partial charge in [0.25, 0.3) is 0 Å². The van der Waals surface area contributed by atoms with Gasteiger partial charge in [0.05, 0.1) is 14.5 Å². The normalized spacial score (nSPS) is 19.4. The fourth-order valence-electron chi connectivity index (χ4n) is 2.01. The molecule has 20 heavy (non-hydrogen) atoms. The molecule has 0 aliphatic carbocycles. The molecular formula is C14H22IN3S2. The summed E-state index contributed by atoms with van der Waals surface area (Å²) in [5, 5.41) is 3.91. The summed E-state index contributed by atoms with van der Waals surface area (Å²) in [7, 11) is 0. The first-order valence-corrected chi connectivity index (χ1v) is 10.4. The summed E-state index contributed by atoms with van der Waals surface area (Å²) in [6.45, 7) is 7.57. The van der Waals surface area contributed by atoms with Gasteiger partial charge < -0.3 is 5.32 Å². The second kappa shape index (κ2) is 8.08. The molecule has 1 unspecified atom stereocenters. The van der Waals surface area contributed by atoms with Crippen molar-refractivity contribution in [1.29, 1.82) is 0 Å². The molecule has 2 heterocycles. The van der Waals surface area contributed by atoms with E-state index >= 15 is 0 Å². The van der Waals surface area contributed by atoms with Gasteiger partial charge in [-0.05, 0) is 34.9 Å². The average Bonchev–Trinajstić information content (AvgIpc) is 2.46. The van der Waals surface area contributed by atoms with E-state index in [0.29, 0.717) is 11.2 Å². The van der Waals surface area contributed by atoms with E-state index in [1.54, 1.807) is 0 Å². The van der Waals surface area contributed by atoms with Gasteiger partial charge in [0.15, 0.2) is 0 Å². The Morgan fingerprint density at radius 3 is 2.75 bits per heavy atom. The first kappa shape index (κ1) is 16.7. The maximum absolute atomic E-state index is 4.87. The summed E-state index contributed by atoms with van der Waals surface area (Å²) in [4.78, 5) is 9.68. The standard InChI is InChI=1S/C14H22IN3S2/c1-4-5-16-14-11(15)12(9(2)3)17-13(18-14)10-8-19-6-7-20-10/h9-10H,4-8H2,1-3H3,(H,16,17,18). The molecule has 112 valence electrons. The van der Waals surface area contributed by atoms with Gasteiger partial charge in [-0.1, -0.05) is 20.8 Å². The first-order valence-electron chi connectivity index (χ1n) is 7.14. The van der Waals surface area contributed by atoms with Gasteiger partial charge in [-0.3, -0.25) is 0 Å². The molecule has 1 N–H and O–H groups in total. The van der Waals surface area contributed by atoms with Crippen molar-refractivity contribution >= 4 is 51.9 Å². The minimum atomic E-state index is 0.437. The van der Waals surface area contributed by atoms with Gasteiger partial charge in [0.2, 0.25) is 0 Å². The van der Waals surface area contributed by atoms with Crippen molar-refractivity contribution < 1.29 is 0 Å². The van der Waals surface area contributed by atoms with Crippen LogP contribution in [0.2, 0.25) is 0 Å². The van der Waals surface area contributed by atoms with Crippen LogP contribution in [-0.2, 0) is 0 Å². The number of thioether (sulfide) groups is 2. The van der Waals surface area contributed by atoms with Crippen LogP contribution in [0.3, 0.4) is 0 Å². The zero-order chi connectivity index (χ0) is 14.5. The Hall–Kier alpha value is 0.310. The van der Waals surface area contributed by atoms with Crippen LogP contribution in [0.5, 0.6) is 0 Å². The van der Waals surface area contributed by atoms with E-state index in [9.17, 15) is 0 Å². The quantitative estimate of drug-likeness (QED) is 0.704. The van der Waals surface area contributed by atoms with Gasteiger partial charge in [-0.15, -0.1) is 11.8 Å². The number of anilines is 1. The summed E-state index contributed by atoms with van der Waals surface area (Å²) in [6.07, 6.45) is 1.11. The van der Waals surface area contributed by atoms with Crippen molar-refractivity contribution in [2.75, 3.05) is 29.1 Å². The van der Waals surface area contributed by atoms with Crippen LogP contribution in [0.15, 0.2) is 0 Å². The number of halogens is 1. The highest BCUT2D eigenvalue weighted by atomic mass is 127. The molecule has 0 radical (unpaired) electrons. The molecule has 1 aliphatic heterocycles. The number of rotatable bonds is 5. The Morgan fingerprint density at radius 1 is 1.35 bits per heavy atom. The van der Waals surface area contributed by atoms with Crippen molar-refractivity contribution in [2.45, 2.75) is 38.4 Å². The van der Waals surface area contributed by atoms with Crippen LogP contribution < -0.4 is 5.32 Å². The van der Waals surface area contributed by atoms with Crippen molar-refractivity contribution in [3.05, 3.63) is 15.1 Å². The van der Waals surface area contributed by atoms with E-state index in [4.69, 9.17) is 9.97 Å². The molecule has 1 aromatic rings. The van der Waals surface area contributed by atoms with Crippen LogP contribution in [-0.4, -0.2) is 33.8 Å². The average molecular weight is 423 g/mol. The van der Waals surface area contributed by atoms with E-state index in [-0.39, 0.29) is 0 Å². The summed E-state index contributed by atoms with van der Waals surface area (Å²) in [5.74, 6) is 6.08. The molecule has 1 aliphatic rings. The van der Waals surface area contributed by atoms with Gasteiger partial charge in [0.1, 0.15) is 11.6 Å². The van der Waals surface area contributed by atoms with E-state index in [2.05, 4.69) is 48.7 Å². The van der Waals surface area contributed by atoms with Crippen LogP contribution in [0, 0.1) is 3.57 Å². The predicted octanol–water partition coefficient (Wildman–Crippen LogP) is 4.55. The lowest BCUT2D eigenvalue weighted by molar-refractivity contribution is 0.775. The van der Waals surface area contributed by atoms with E-state index < -0.39 is 0 Å². The largest absolute Gasteiger partial charge is 0.369 e. The maximum Gasteiger partial charge on any atom is 0.144 e. The second-order valence-electron chi connectivity index (χ2n) is 5.15. The Balaban J connectivity index is 2.32. The van der Waals surface area contributed by atoms with Crippen LogP contribution in [0.25, 0.3) is 0 Å².